The predicted octanol–water partition coefficient (Wildman–Crippen LogP) is 2.22. The Morgan fingerprint density at radius 3 is 2.94 bits per heavy atom. The molecule has 1 unspecified atom stereocenters. The van der Waals surface area contributed by atoms with E-state index in [1.54, 1.807) is 11.3 Å². The molecule has 0 saturated carbocycles. The highest BCUT2D eigenvalue weighted by Crippen LogP contribution is 2.08. The SMILES string of the molecule is CCOC(=O)C(CC)NCCc1cccs1. The topological polar surface area (TPSA) is 38.3 Å². The van der Waals surface area contributed by atoms with Crippen LogP contribution < -0.4 is 5.32 Å². The van der Waals surface area contributed by atoms with Crippen molar-refractivity contribution in [3.63, 3.8) is 0 Å². The molecule has 1 atom stereocenters. The number of thiophene rings is 1. The van der Waals surface area contributed by atoms with Crippen LogP contribution in [0.5, 0.6) is 0 Å². The zero-order valence-corrected chi connectivity index (χ0v) is 10.7. The number of esters is 1. The van der Waals surface area contributed by atoms with Gasteiger partial charge in [0.1, 0.15) is 6.04 Å². The highest BCUT2D eigenvalue weighted by molar-refractivity contribution is 7.09. The van der Waals surface area contributed by atoms with Crippen molar-refractivity contribution < 1.29 is 9.53 Å². The van der Waals surface area contributed by atoms with E-state index < -0.39 is 0 Å². The van der Waals surface area contributed by atoms with Crippen molar-refractivity contribution in [3.8, 4) is 0 Å². The van der Waals surface area contributed by atoms with Crippen molar-refractivity contribution in [2.24, 2.45) is 0 Å². The molecule has 90 valence electrons. The average molecular weight is 241 g/mol. The third-order valence-electron chi connectivity index (χ3n) is 2.32. The highest BCUT2D eigenvalue weighted by Gasteiger charge is 2.16. The lowest BCUT2D eigenvalue weighted by Gasteiger charge is -2.14. The lowest BCUT2D eigenvalue weighted by Crippen LogP contribution is -2.38. The molecule has 1 aromatic heterocycles. The molecule has 0 radical (unpaired) electrons. The Morgan fingerprint density at radius 1 is 1.56 bits per heavy atom. The van der Waals surface area contributed by atoms with Crippen LogP contribution in [0.1, 0.15) is 25.1 Å². The normalized spacial score (nSPS) is 12.4. The van der Waals surface area contributed by atoms with Crippen LogP contribution in [0.15, 0.2) is 17.5 Å². The van der Waals surface area contributed by atoms with Gasteiger partial charge in [0.25, 0.3) is 0 Å². The van der Waals surface area contributed by atoms with Gasteiger partial charge in [-0.2, -0.15) is 0 Å². The Bertz CT molecular complexity index is 298. The van der Waals surface area contributed by atoms with Gasteiger partial charge >= 0.3 is 5.97 Å². The maximum atomic E-state index is 11.5. The van der Waals surface area contributed by atoms with E-state index in [1.807, 2.05) is 19.9 Å². The monoisotopic (exact) mass is 241 g/mol. The molecule has 0 amide bonds. The minimum Gasteiger partial charge on any atom is -0.465 e. The molecule has 1 rings (SSSR count). The first-order valence-electron chi connectivity index (χ1n) is 5.70. The van der Waals surface area contributed by atoms with Crippen LogP contribution in [-0.4, -0.2) is 25.2 Å². The van der Waals surface area contributed by atoms with E-state index in [1.165, 1.54) is 4.88 Å². The van der Waals surface area contributed by atoms with Gasteiger partial charge in [-0.15, -0.1) is 11.3 Å². The van der Waals surface area contributed by atoms with Gasteiger partial charge in [-0.05, 0) is 31.2 Å². The zero-order chi connectivity index (χ0) is 11.8. The second-order valence-corrected chi connectivity index (χ2v) is 4.53. The largest absolute Gasteiger partial charge is 0.465 e. The van der Waals surface area contributed by atoms with Crippen LogP contribution in [0.4, 0.5) is 0 Å². The van der Waals surface area contributed by atoms with Crippen molar-refractivity contribution >= 4 is 17.3 Å². The molecule has 4 heteroatoms. The number of carbonyl (C=O) groups is 1. The maximum Gasteiger partial charge on any atom is 0.323 e. The summed E-state index contributed by atoms with van der Waals surface area (Å²) in [6, 6.07) is 3.99. The number of rotatable bonds is 7. The molecule has 0 aliphatic rings. The number of nitrogens with one attached hydrogen (secondary N) is 1. The first kappa shape index (κ1) is 13.2. The molecule has 1 heterocycles. The Labute approximate surface area is 101 Å². The van der Waals surface area contributed by atoms with Gasteiger partial charge in [0.15, 0.2) is 0 Å². The summed E-state index contributed by atoms with van der Waals surface area (Å²) < 4.78 is 4.98. The molecular formula is C12H19NO2S. The first-order chi connectivity index (χ1) is 7.77. The summed E-state index contributed by atoms with van der Waals surface area (Å²) in [5.74, 6) is -0.142. The molecule has 0 spiro atoms. The van der Waals surface area contributed by atoms with Crippen LogP contribution in [0.3, 0.4) is 0 Å². The minimum absolute atomic E-state index is 0.142. The quantitative estimate of drug-likeness (QED) is 0.744. The number of hydrogen-bond acceptors (Lipinski definition) is 4. The molecule has 0 aliphatic carbocycles. The Kier molecular flexibility index (Phi) is 6.11. The summed E-state index contributed by atoms with van der Waals surface area (Å²) in [5, 5.41) is 5.29. The second-order valence-electron chi connectivity index (χ2n) is 3.50. The third-order valence-corrected chi connectivity index (χ3v) is 3.26. The van der Waals surface area contributed by atoms with E-state index in [-0.39, 0.29) is 12.0 Å². The minimum atomic E-state index is -0.167. The van der Waals surface area contributed by atoms with E-state index >= 15 is 0 Å². The van der Waals surface area contributed by atoms with Gasteiger partial charge < -0.3 is 10.1 Å². The van der Waals surface area contributed by atoms with Gasteiger partial charge in [0, 0.05) is 11.4 Å². The van der Waals surface area contributed by atoms with Gasteiger partial charge in [-0.1, -0.05) is 13.0 Å². The number of ether oxygens (including phenoxy) is 1. The molecule has 0 saturated heterocycles. The zero-order valence-electron chi connectivity index (χ0n) is 9.86. The molecule has 0 aromatic carbocycles. The highest BCUT2D eigenvalue weighted by atomic mass is 32.1. The number of carbonyl (C=O) groups excluding carboxylic acids is 1. The Morgan fingerprint density at radius 2 is 2.38 bits per heavy atom. The van der Waals surface area contributed by atoms with Crippen molar-refractivity contribution in [2.75, 3.05) is 13.2 Å². The standard InChI is InChI=1S/C12H19NO2S/c1-3-11(12(14)15-4-2)13-8-7-10-6-5-9-16-10/h5-6,9,11,13H,3-4,7-8H2,1-2H3. The maximum absolute atomic E-state index is 11.5. The fourth-order valence-electron chi connectivity index (χ4n) is 1.46. The van der Waals surface area contributed by atoms with Gasteiger partial charge in [0.2, 0.25) is 0 Å². The van der Waals surface area contributed by atoms with Gasteiger partial charge in [-0.25, -0.2) is 0 Å². The lowest BCUT2D eigenvalue weighted by molar-refractivity contribution is -0.145. The fourth-order valence-corrected chi connectivity index (χ4v) is 2.17. The lowest BCUT2D eigenvalue weighted by atomic mass is 10.2. The first-order valence-corrected chi connectivity index (χ1v) is 6.58. The molecule has 16 heavy (non-hydrogen) atoms. The van der Waals surface area contributed by atoms with Crippen molar-refractivity contribution in [3.05, 3.63) is 22.4 Å². The van der Waals surface area contributed by atoms with Crippen LogP contribution in [0.2, 0.25) is 0 Å². The van der Waals surface area contributed by atoms with Crippen molar-refractivity contribution in [1.82, 2.24) is 5.32 Å². The third kappa shape index (κ3) is 4.33. The smallest absolute Gasteiger partial charge is 0.323 e. The van der Waals surface area contributed by atoms with E-state index in [0.29, 0.717) is 6.61 Å². The van der Waals surface area contributed by atoms with Gasteiger partial charge in [0.05, 0.1) is 6.61 Å². The van der Waals surface area contributed by atoms with Crippen LogP contribution in [0.25, 0.3) is 0 Å². The Hall–Kier alpha value is -0.870. The van der Waals surface area contributed by atoms with E-state index in [0.717, 1.165) is 19.4 Å². The Balaban J connectivity index is 2.26. The predicted molar refractivity (Wildman–Crippen MR) is 66.7 cm³/mol. The second kappa shape index (κ2) is 7.41. The number of hydrogen-bond donors (Lipinski definition) is 1. The average Bonchev–Trinajstić information content (AvgIpc) is 2.77. The molecule has 1 N–H and O–H groups in total. The van der Waals surface area contributed by atoms with Gasteiger partial charge in [-0.3, -0.25) is 4.79 Å². The summed E-state index contributed by atoms with van der Waals surface area (Å²) >= 11 is 1.74. The van der Waals surface area contributed by atoms with E-state index in [9.17, 15) is 4.79 Å². The molecule has 3 nitrogen and oxygen atoms in total. The fraction of sp³-hybridized carbons (Fsp3) is 0.583. The summed E-state index contributed by atoms with van der Waals surface area (Å²) in [6.45, 7) is 5.08. The summed E-state index contributed by atoms with van der Waals surface area (Å²) in [4.78, 5) is 12.8. The molecular weight excluding hydrogens is 222 g/mol. The molecule has 0 fully saturated rings. The summed E-state index contributed by atoms with van der Waals surface area (Å²) in [7, 11) is 0. The molecule has 0 bridgehead atoms. The summed E-state index contributed by atoms with van der Waals surface area (Å²) in [5.41, 5.74) is 0. The van der Waals surface area contributed by atoms with Crippen molar-refractivity contribution in [2.45, 2.75) is 32.7 Å². The van der Waals surface area contributed by atoms with E-state index in [2.05, 4.69) is 16.8 Å². The summed E-state index contributed by atoms with van der Waals surface area (Å²) in [6.07, 6.45) is 1.73. The van der Waals surface area contributed by atoms with Crippen LogP contribution in [-0.2, 0) is 16.0 Å². The van der Waals surface area contributed by atoms with Crippen molar-refractivity contribution in [1.29, 1.82) is 0 Å². The molecule has 0 aliphatic heterocycles. The van der Waals surface area contributed by atoms with Crippen LogP contribution in [0, 0.1) is 0 Å². The van der Waals surface area contributed by atoms with Crippen LogP contribution >= 0.6 is 11.3 Å². The molecule has 1 aromatic rings. The van der Waals surface area contributed by atoms with E-state index in [4.69, 9.17) is 4.74 Å².